The summed E-state index contributed by atoms with van der Waals surface area (Å²) in [5.41, 5.74) is 6.35. The van der Waals surface area contributed by atoms with Gasteiger partial charge in [-0.3, -0.25) is 0 Å². The zero-order chi connectivity index (χ0) is 14.0. The first-order valence-corrected chi connectivity index (χ1v) is 7.66. The van der Waals surface area contributed by atoms with Crippen molar-refractivity contribution in [3.63, 3.8) is 0 Å². The second-order valence-electron chi connectivity index (χ2n) is 4.97. The molecule has 0 saturated heterocycles. The van der Waals surface area contributed by atoms with Crippen molar-refractivity contribution < 1.29 is 4.42 Å². The molecule has 0 unspecified atom stereocenters. The molecule has 0 fully saturated rings. The summed E-state index contributed by atoms with van der Waals surface area (Å²) in [4.78, 5) is 4.78. The van der Waals surface area contributed by atoms with Crippen LogP contribution in [0.15, 0.2) is 4.42 Å². The molecule has 0 aliphatic carbocycles. The van der Waals surface area contributed by atoms with Gasteiger partial charge >= 0.3 is 0 Å². The minimum Gasteiger partial charge on any atom is -0.442 e. The number of rotatable bonds is 5. The lowest BCUT2D eigenvalue weighted by Crippen LogP contribution is -2.02. The Kier molecular flexibility index (Phi) is 4.28. The maximum atomic E-state index is 6.01. The van der Waals surface area contributed by atoms with Gasteiger partial charge in [0, 0.05) is 23.1 Å². The highest BCUT2D eigenvalue weighted by atomic mass is 16.3. The van der Waals surface area contributed by atoms with E-state index in [0.29, 0.717) is 0 Å². The van der Waals surface area contributed by atoms with E-state index in [2.05, 4.69) is 34.6 Å². The zero-order valence-corrected chi connectivity index (χ0v) is 12.9. The van der Waals surface area contributed by atoms with Crippen molar-refractivity contribution in [2.24, 2.45) is 0 Å². The van der Waals surface area contributed by atoms with E-state index in [0.717, 1.165) is 43.6 Å². The van der Waals surface area contributed by atoms with E-state index in [1.807, 2.05) is 0 Å². The van der Waals surface area contributed by atoms with E-state index in [9.17, 15) is 0 Å². The van der Waals surface area contributed by atoms with Crippen molar-refractivity contribution in [1.82, 2.24) is 4.98 Å². The molecule has 2 nitrogen and oxygen atoms in total. The molecule has 2 heterocycles. The summed E-state index contributed by atoms with van der Waals surface area (Å²) in [6.45, 7) is 11.0. The third kappa shape index (κ3) is 2.18. The molecular formula is C17H25NO. The molecule has 19 heavy (non-hydrogen) atoms. The number of pyridine rings is 1. The summed E-state index contributed by atoms with van der Waals surface area (Å²) in [6.07, 6.45) is 5.08. The Balaban J connectivity index is 2.87. The molecule has 0 bridgehead atoms. The first kappa shape index (κ1) is 14.1. The molecule has 0 amide bonds. The van der Waals surface area contributed by atoms with Gasteiger partial charge in [-0.25, -0.2) is 4.98 Å². The lowest BCUT2D eigenvalue weighted by Gasteiger charge is -2.12. The molecular weight excluding hydrogens is 234 g/mol. The van der Waals surface area contributed by atoms with E-state index < -0.39 is 0 Å². The van der Waals surface area contributed by atoms with E-state index in [1.54, 1.807) is 0 Å². The average Bonchev–Trinajstić information content (AvgIpc) is 2.81. The quantitative estimate of drug-likeness (QED) is 0.781. The van der Waals surface area contributed by atoms with Crippen LogP contribution < -0.4 is 0 Å². The molecule has 0 radical (unpaired) electrons. The lowest BCUT2D eigenvalue weighted by atomic mass is 9.94. The summed E-state index contributed by atoms with van der Waals surface area (Å²) < 4.78 is 6.01. The SMILES string of the molecule is CCc1nc2oc(CC)c(CC)c2c(CC)c1CC. The van der Waals surface area contributed by atoms with E-state index in [1.165, 1.54) is 27.8 Å². The maximum absolute atomic E-state index is 6.01. The standard InChI is InChI=1S/C17H25NO/c1-6-11-12(7-2)16-13(8-3)15(10-5)19-17(16)18-14(11)9-4/h6-10H2,1-5H3. The molecule has 2 heteroatoms. The molecule has 0 saturated carbocycles. The van der Waals surface area contributed by atoms with Crippen molar-refractivity contribution in [2.45, 2.75) is 66.7 Å². The Bertz CT molecular complexity index is 581. The fourth-order valence-electron chi connectivity index (χ4n) is 3.16. The third-order valence-electron chi connectivity index (χ3n) is 4.04. The molecule has 2 aromatic heterocycles. The van der Waals surface area contributed by atoms with Crippen molar-refractivity contribution in [2.75, 3.05) is 0 Å². The molecule has 0 atom stereocenters. The van der Waals surface area contributed by atoms with Crippen LogP contribution in [0.25, 0.3) is 11.1 Å². The average molecular weight is 259 g/mol. The second-order valence-corrected chi connectivity index (χ2v) is 4.97. The van der Waals surface area contributed by atoms with Crippen LogP contribution in [0.4, 0.5) is 0 Å². The van der Waals surface area contributed by atoms with Crippen LogP contribution in [0.5, 0.6) is 0 Å². The number of nitrogens with zero attached hydrogens (tertiary/aromatic N) is 1. The number of hydrogen-bond donors (Lipinski definition) is 0. The Morgan fingerprint density at radius 3 is 1.84 bits per heavy atom. The van der Waals surface area contributed by atoms with Crippen LogP contribution in [0.2, 0.25) is 0 Å². The molecule has 2 rings (SSSR count). The summed E-state index contributed by atoms with van der Waals surface area (Å²) in [6, 6.07) is 0. The van der Waals surface area contributed by atoms with Gasteiger partial charge in [-0.15, -0.1) is 0 Å². The fourth-order valence-corrected chi connectivity index (χ4v) is 3.16. The van der Waals surface area contributed by atoms with Gasteiger partial charge in [0.25, 0.3) is 0 Å². The van der Waals surface area contributed by atoms with Gasteiger partial charge in [0.05, 0.1) is 0 Å². The molecule has 0 aliphatic rings. The van der Waals surface area contributed by atoms with Crippen LogP contribution in [0, 0.1) is 0 Å². The Morgan fingerprint density at radius 1 is 0.737 bits per heavy atom. The number of aromatic nitrogens is 1. The van der Waals surface area contributed by atoms with Crippen LogP contribution in [0.3, 0.4) is 0 Å². The van der Waals surface area contributed by atoms with Crippen LogP contribution in [-0.2, 0) is 32.1 Å². The minimum absolute atomic E-state index is 0.861. The van der Waals surface area contributed by atoms with E-state index in [4.69, 9.17) is 9.40 Å². The van der Waals surface area contributed by atoms with Crippen molar-refractivity contribution in [3.8, 4) is 0 Å². The highest BCUT2D eigenvalue weighted by Gasteiger charge is 2.19. The highest BCUT2D eigenvalue weighted by molar-refractivity contribution is 5.84. The number of furan rings is 1. The van der Waals surface area contributed by atoms with E-state index in [-0.39, 0.29) is 0 Å². The molecule has 0 N–H and O–H groups in total. The molecule has 2 aromatic rings. The molecule has 0 spiro atoms. The van der Waals surface area contributed by atoms with Crippen molar-refractivity contribution >= 4 is 11.1 Å². The topological polar surface area (TPSA) is 26.0 Å². The summed E-state index contributed by atoms with van der Waals surface area (Å²) >= 11 is 0. The predicted octanol–water partition coefficient (Wildman–Crippen LogP) is 4.64. The smallest absolute Gasteiger partial charge is 0.227 e. The zero-order valence-electron chi connectivity index (χ0n) is 12.9. The normalized spacial score (nSPS) is 11.4. The Labute approximate surface area is 116 Å². The predicted molar refractivity (Wildman–Crippen MR) is 80.9 cm³/mol. The van der Waals surface area contributed by atoms with Crippen molar-refractivity contribution in [3.05, 3.63) is 28.1 Å². The van der Waals surface area contributed by atoms with Gasteiger partial charge in [0.1, 0.15) is 5.76 Å². The number of hydrogen-bond acceptors (Lipinski definition) is 2. The Hall–Kier alpha value is -1.31. The fraction of sp³-hybridized carbons (Fsp3) is 0.588. The van der Waals surface area contributed by atoms with E-state index >= 15 is 0 Å². The van der Waals surface area contributed by atoms with Crippen LogP contribution >= 0.6 is 0 Å². The summed E-state index contributed by atoms with van der Waals surface area (Å²) in [5.74, 6) is 1.12. The van der Waals surface area contributed by atoms with Gasteiger partial charge in [-0.05, 0) is 36.8 Å². The van der Waals surface area contributed by atoms with Gasteiger partial charge in [-0.1, -0.05) is 34.6 Å². The third-order valence-corrected chi connectivity index (χ3v) is 4.04. The highest BCUT2D eigenvalue weighted by Crippen LogP contribution is 2.32. The monoisotopic (exact) mass is 259 g/mol. The van der Waals surface area contributed by atoms with Crippen LogP contribution in [0.1, 0.15) is 62.8 Å². The van der Waals surface area contributed by atoms with Gasteiger partial charge in [0.2, 0.25) is 5.71 Å². The Morgan fingerprint density at radius 2 is 1.37 bits per heavy atom. The van der Waals surface area contributed by atoms with Crippen LogP contribution in [-0.4, -0.2) is 4.98 Å². The van der Waals surface area contributed by atoms with Crippen molar-refractivity contribution in [1.29, 1.82) is 0 Å². The molecule has 0 aliphatic heterocycles. The van der Waals surface area contributed by atoms with Gasteiger partial charge < -0.3 is 4.42 Å². The van der Waals surface area contributed by atoms with Gasteiger partial charge in [0.15, 0.2) is 0 Å². The van der Waals surface area contributed by atoms with Gasteiger partial charge in [-0.2, -0.15) is 0 Å². The first-order chi connectivity index (χ1) is 9.21. The second kappa shape index (κ2) is 5.77. The lowest BCUT2D eigenvalue weighted by molar-refractivity contribution is 0.540. The largest absolute Gasteiger partial charge is 0.442 e. The number of aryl methyl sites for hydroxylation is 4. The number of fused-ring (bicyclic) bond motifs is 1. The summed E-state index contributed by atoms with van der Waals surface area (Å²) in [7, 11) is 0. The first-order valence-electron chi connectivity index (χ1n) is 7.66. The maximum Gasteiger partial charge on any atom is 0.227 e. The molecule has 0 aromatic carbocycles. The summed E-state index contributed by atoms with van der Waals surface area (Å²) in [5, 5.41) is 1.30. The molecule has 104 valence electrons. The minimum atomic E-state index is 0.861.